The molecule has 1 aromatic heterocycles. The highest BCUT2D eigenvalue weighted by Gasteiger charge is 2.48. The topological polar surface area (TPSA) is 160 Å². The monoisotopic (exact) mass is 352 g/mol. The minimum absolute atomic E-state index is 0.197. The van der Waals surface area contributed by atoms with Crippen LogP contribution in [0.15, 0.2) is 15.8 Å². The van der Waals surface area contributed by atoms with Gasteiger partial charge in [0.25, 0.3) is 5.56 Å². The summed E-state index contributed by atoms with van der Waals surface area (Å²) in [5.74, 6) is 0. The van der Waals surface area contributed by atoms with Crippen LogP contribution in [0.5, 0.6) is 0 Å². The third kappa shape index (κ3) is 3.45. The zero-order chi connectivity index (χ0) is 17.5. The van der Waals surface area contributed by atoms with Crippen LogP contribution >= 0.6 is 7.82 Å². The molecule has 23 heavy (non-hydrogen) atoms. The van der Waals surface area contributed by atoms with Crippen molar-refractivity contribution in [1.29, 1.82) is 0 Å². The standard InChI is InChI=1S/C11H17N2O9P/c1-5-3-13(11(17)12(2)9(5)16)10-7(15)8(6(4-14)21-10)22-23(18,19)20/h3,6-8,10,14-15H,4H2,1-2H3,(H2,18,19,20)/t6-,7-,8-,10-/m1/s1. The number of hydrogen-bond donors (Lipinski definition) is 4. The molecule has 0 unspecified atom stereocenters. The van der Waals surface area contributed by atoms with Crippen molar-refractivity contribution in [3.63, 3.8) is 0 Å². The Morgan fingerprint density at radius 3 is 2.52 bits per heavy atom. The highest BCUT2D eigenvalue weighted by Crippen LogP contribution is 2.43. The molecule has 1 aliphatic heterocycles. The summed E-state index contributed by atoms with van der Waals surface area (Å²) < 4.78 is 22.4. The van der Waals surface area contributed by atoms with Gasteiger partial charge < -0.3 is 24.7 Å². The van der Waals surface area contributed by atoms with E-state index in [1.807, 2.05) is 0 Å². The average Bonchev–Trinajstić information content (AvgIpc) is 2.76. The Hall–Kier alpha value is -1.33. The molecule has 0 aromatic carbocycles. The number of aliphatic hydroxyl groups is 2. The molecule has 1 saturated heterocycles. The number of phosphoric ester groups is 1. The third-order valence-corrected chi connectivity index (χ3v) is 4.02. The molecule has 2 heterocycles. The summed E-state index contributed by atoms with van der Waals surface area (Å²) in [6.07, 6.45) is -4.66. The van der Waals surface area contributed by atoms with E-state index in [1.54, 1.807) is 0 Å². The van der Waals surface area contributed by atoms with Crippen LogP contribution in [0.2, 0.25) is 0 Å². The van der Waals surface area contributed by atoms with Gasteiger partial charge in [-0.2, -0.15) is 0 Å². The molecule has 4 N–H and O–H groups in total. The van der Waals surface area contributed by atoms with E-state index in [1.165, 1.54) is 14.0 Å². The first-order valence-electron chi connectivity index (χ1n) is 6.54. The van der Waals surface area contributed by atoms with Gasteiger partial charge >= 0.3 is 13.5 Å². The van der Waals surface area contributed by atoms with Crippen molar-refractivity contribution < 1.29 is 33.8 Å². The van der Waals surface area contributed by atoms with Crippen LogP contribution in [-0.4, -0.2) is 54.1 Å². The molecule has 0 spiro atoms. The molecule has 0 saturated carbocycles. The maximum absolute atomic E-state index is 12.1. The largest absolute Gasteiger partial charge is 0.470 e. The van der Waals surface area contributed by atoms with Crippen molar-refractivity contribution in [3.05, 3.63) is 32.6 Å². The molecule has 2 rings (SSSR count). The molecule has 11 nitrogen and oxygen atoms in total. The fraction of sp³-hybridized carbons (Fsp3) is 0.636. The van der Waals surface area contributed by atoms with Crippen molar-refractivity contribution >= 4 is 7.82 Å². The van der Waals surface area contributed by atoms with Gasteiger partial charge in [0.1, 0.15) is 18.3 Å². The van der Waals surface area contributed by atoms with Gasteiger partial charge in [0.2, 0.25) is 0 Å². The molecule has 12 heteroatoms. The summed E-state index contributed by atoms with van der Waals surface area (Å²) in [5.41, 5.74) is -1.12. The van der Waals surface area contributed by atoms with Gasteiger partial charge in [0.05, 0.1) is 6.61 Å². The molecule has 0 bridgehead atoms. The zero-order valence-corrected chi connectivity index (χ0v) is 13.2. The second-order valence-corrected chi connectivity index (χ2v) is 6.36. The summed E-state index contributed by atoms with van der Waals surface area (Å²) in [4.78, 5) is 41.6. The number of hydrogen-bond acceptors (Lipinski definition) is 7. The van der Waals surface area contributed by atoms with Crippen LogP contribution in [0.4, 0.5) is 0 Å². The molecular weight excluding hydrogens is 335 g/mol. The Balaban J connectivity index is 2.44. The van der Waals surface area contributed by atoms with Gasteiger partial charge in [-0.05, 0) is 6.92 Å². The molecule has 0 radical (unpaired) electrons. The van der Waals surface area contributed by atoms with Crippen LogP contribution in [0, 0.1) is 6.92 Å². The predicted octanol–water partition coefficient (Wildman–Crippen LogP) is -2.42. The number of ether oxygens (including phenoxy) is 1. The molecule has 4 atom stereocenters. The Morgan fingerprint density at radius 1 is 1.39 bits per heavy atom. The Labute approximate surface area is 129 Å². The molecule has 0 aliphatic carbocycles. The predicted molar refractivity (Wildman–Crippen MR) is 74.6 cm³/mol. The number of aliphatic hydroxyl groups excluding tert-OH is 2. The van der Waals surface area contributed by atoms with E-state index in [4.69, 9.17) is 14.5 Å². The molecule has 1 aliphatic rings. The fourth-order valence-electron chi connectivity index (χ4n) is 2.41. The van der Waals surface area contributed by atoms with Crippen molar-refractivity contribution in [2.24, 2.45) is 7.05 Å². The lowest BCUT2D eigenvalue weighted by Gasteiger charge is -2.20. The first-order chi connectivity index (χ1) is 10.6. The maximum Gasteiger partial charge on any atom is 0.470 e. The van der Waals surface area contributed by atoms with Crippen molar-refractivity contribution in [1.82, 2.24) is 9.13 Å². The molecule has 1 fully saturated rings. The highest BCUT2D eigenvalue weighted by atomic mass is 31.2. The smallest absolute Gasteiger partial charge is 0.394 e. The summed E-state index contributed by atoms with van der Waals surface area (Å²) in [6, 6.07) is 0. The Bertz CT molecular complexity index is 751. The first kappa shape index (κ1) is 18.0. The van der Waals surface area contributed by atoms with E-state index in [9.17, 15) is 24.4 Å². The van der Waals surface area contributed by atoms with Gasteiger partial charge in [0.15, 0.2) is 6.23 Å². The van der Waals surface area contributed by atoms with Crippen LogP contribution in [0.3, 0.4) is 0 Å². The summed E-state index contributed by atoms with van der Waals surface area (Å²) >= 11 is 0. The highest BCUT2D eigenvalue weighted by molar-refractivity contribution is 7.46. The third-order valence-electron chi connectivity index (χ3n) is 3.51. The van der Waals surface area contributed by atoms with Crippen molar-refractivity contribution in [2.45, 2.75) is 31.5 Å². The number of aromatic nitrogens is 2. The zero-order valence-electron chi connectivity index (χ0n) is 12.3. The van der Waals surface area contributed by atoms with Crippen molar-refractivity contribution in [2.75, 3.05) is 6.61 Å². The second-order valence-electron chi connectivity index (χ2n) is 5.16. The number of aryl methyl sites for hydroxylation is 1. The average molecular weight is 352 g/mol. The fourth-order valence-corrected chi connectivity index (χ4v) is 2.99. The van der Waals surface area contributed by atoms with E-state index < -0.39 is 50.2 Å². The van der Waals surface area contributed by atoms with Gasteiger partial charge in [-0.3, -0.25) is 18.5 Å². The SMILES string of the molecule is Cc1cn([C@@H]2O[C@H](CO)[C@@H](OP(=O)(O)O)[C@H]2O)c(=O)n(C)c1=O. The Morgan fingerprint density at radius 2 is 2.00 bits per heavy atom. The second kappa shape index (κ2) is 6.29. The number of nitrogens with zero attached hydrogens (tertiary/aromatic N) is 2. The van der Waals surface area contributed by atoms with E-state index >= 15 is 0 Å². The Kier molecular flexibility index (Phi) is 4.92. The van der Waals surface area contributed by atoms with E-state index in [2.05, 4.69) is 4.52 Å². The van der Waals surface area contributed by atoms with Crippen molar-refractivity contribution in [3.8, 4) is 0 Å². The lowest BCUT2D eigenvalue weighted by atomic mass is 10.1. The number of phosphoric acid groups is 1. The van der Waals surface area contributed by atoms with Crippen LogP contribution in [0.25, 0.3) is 0 Å². The first-order valence-corrected chi connectivity index (χ1v) is 8.07. The van der Waals surface area contributed by atoms with Gasteiger partial charge in [-0.1, -0.05) is 0 Å². The van der Waals surface area contributed by atoms with Gasteiger partial charge in [0, 0.05) is 18.8 Å². The van der Waals surface area contributed by atoms with Crippen LogP contribution in [0.1, 0.15) is 11.8 Å². The molecular formula is C11H17N2O9P. The van der Waals surface area contributed by atoms with Crippen LogP contribution in [-0.2, 0) is 20.9 Å². The molecule has 1 aromatic rings. The lowest BCUT2D eigenvalue weighted by molar-refractivity contribution is -0.0554. The number of rotatable bonds is 4. The van der Waals surface area contributed by atoms with Crippen LogP contribution < -0.4 is 11.2 Å². The summed E-state index contributed by atoms with van der Waals surface area (Å²) in [6.45, 7) is 0.754. The minimum atomic E-state index is -4.95. The van der Waals surface area contributed by atoms with Gasteiger partial charge in [-0.15, -0.1) is 0 Å². The minimum Gasteiger partial charge on any atom is -0.394 e. The van der Waals surface area contributed by atoms with Gasteiger partial charge in [-0.25, -0.2) is 9.36 Å². The van der Waals surface area contributed by atoms with E-state index in [-0.39, 0.29) is 5.56 Å². The summed E-state index contributed by atoms with van der Waals surface area (Å²) in [5, 5.41) is 19.4. The molecule has 130 valence electrons. The maximum atomic E-state index is 12.1. The lowest BCUT2D eigenvalue weighted by Crippen LogP contribution is -2.43. The normalized spacial score (nSPS) is 28.3. The van der Waals surface area contributed by atoms with E-state index in [0.717, 1.165) is 15.3 Å². The summed E-state index contributed by atoms with van der Waals surface area (Å²) in [7, 11) is -3.71. The molecule has 0 amide bonds. The van der Waals surface area contributed by atoms with E-state index in [0.29, 0.717) is 0 Å². The quantitative estimate of drug-likeness (QED) is 0.432.